The Hall–Kier alpha value is -2.37. The molecular weight excluding hydrogens is 288 g/mol. The first-order valence-electron chi connectivity index (χ1n) is 6.37. The molecule has 6 heteroatoms. The van der Waals surface area contributed by atoms with E-state index in [1.165, 1.54) is 0 Å². The summed E-state index contributed by atoms with van der Waals surface area (Å²) < 4.78 is 0. The van der Waals surface area contributed by atoms with Gasteiger partial charge >= 0.3 is 0 Å². The minimum Gasteiger partial charge on any atom is -0.410 e. The molecular formula is C15H13ClN4O. The van der Waals surface area contributed by atoms with Crippen LogP contribution in [0.4, 0.5) is 5.69 Å². The molecule has 0 radical (unpaired) electrons. The van der Waals surface area contributed by atoms with E-state index in [-0.39, 0.29) is 0 Å². The maximum atomic E-state index is 9.26. The summed E-state index contributed by atoms with van der Waals surface area (Å²) in [5, 5.41) is 19.3. The molecule has 2 aromatic carbocycles. The summed E-state index contributed by atoms with van der Waals surface area (Å²) in [5.74, 6) is 0. The summed E-state index contributed by atoms with van der Waals surface area (Å²) in [6.45, 7) is 0. The molecule has 3 rings (SSSR count). The molecule has 0 fully saturated rings. The van der Waals surface area contributed by atoms with Crippen molar-refractivity contribution in [2.75, 3.05) is 5.01 Å². The lowest BCUT2D eigenvalue weighted by Crippen LogP contribution is -2.41. The summed E-state index contributed by atoms with van der Waals surface area (Å²) >= 11 is 5.89. The number of hydrogen-bond donors (Lipinski definition) is 2. The fourth-order valence-corrected chi connectivity index (χ4v) is 2.32. The highest BCUT2D eigenvalue weighted by Crippen LogP contribution is 2.23. The topological polar surface area (TPSA) is 74.2 Å². The molecule has 1 aliphatic heterocycles. The molecule has 1 atom stereocenters. The Bertz CT molecular complexity index is 697. The van der Waals surface area contributed by atoms with Crippen LogP contribution >= 0.6 is 11.6 Å². The molecule has 0 bridgehead atoms. The number of oxime groups is 1. The van der Waals surface area contributed by atoms with Gasteiger partial charge in [-0.25, -0.2) is 5.01 Å². The highest BCUT2D eigenvalue weighted by molar-refractivity contribution is 6.51. The Morgan fingerprint density at radius 3 is 2.38 bits per heavy atom. The molecule has 0 aliphatic carbocycles. The first kappa shape index (κ1) is 13.6. The standard InChI is InChI=1S/C15H13ClN4O/c16-11-8-6-10(7-9-11)13-14(19-21)15(17)20(18-13)12-4-2-1-3-5-12/h1-9,15,21H,17H2/b19-14-. The quantitative estimate of drug-likeness (QED) is 0.661. The van der Waals surface area contributed by atoms with E-state index < -0.39 is 6.17 Å². The minimum atomic E-state index is -0.636. The molecule has 2 aromatic rings. The summed E-state index contributed by atoms with van der Waals surface area (Å²) in [6, 6.07) is 16.6. The number of nitrogens with zero attached hydrogens (tertiary/aromatic N) is 3. The summed E-state index contributed by atoms with van der Waals surface area (Å²) in [5.41, 5.74) is 8.59. The SMILES string of the molecule is NC1/C(=N\O)C(c2ccc(Cl)cc2)=NN1c1ccccc1. The monoisotopic (exact) mass is 300 g/mol. The van der Waals surface area contributed by atoms with Crippen LogP contribution in [-0.2, 0) is 0 Å². The van der Waals surface area contributed by atoms with E-state index in [2.05, 4.69) is 10.3 Å². The van der Waals surface area contributed by atoms with E-state index in [4.69, 9.17) is 17.3 Å². The van der Waals surface area contributed by atoms with Gasteiger partial charge in [-0.15, -0.1) is 0 Å². The highest BCUT2D eigenvalue weighted by Gasteiger charge is 2.33. The number of benzene rings is 2. The van der Waals surface area contributed by atoms with Crippen LogP contribution in [0.15, 0.2) is 64.9 Å². The third kappa shape index (κ3) is 2.49. The number of anilines is 1. The number of nitrogens with two attached hydrogens (primary N) is 1. The molecule has 1 heterocycles. The van der Waals surface area contributed by atoms with Crippen LogP contribution in [-0.4, -0.2) is 22.8 Å². The Kier molecular flexibility index (Phi) is 3.60. The average Bonchev–Trinajstić information content (AvgIpc) is 2.85. The van der Waals surface area contributed by atoms with Crippen molar-refractivity contribution in [2.45, 2.75) is 6.17 Å². The molecule has 1 aliphatic rings. The molecule has 3 N–H and O–H groups in total. The van der Waals surface area contributed by atoms with Crippen molar-refractivity contribution in [3.63, 3.8) is 0 Å². The smallest absolute Gasteiger partial charge is 0.148 e. The largest absolute Gasteiger partial charge is 0.410 e. The fourth-order valence-electron chi connectivity index (χ4n) is 2.20. The normalized spacial score (nSPS) is 19.9. The van der Waals surface area contributed by atoms with Crippen LogP contribution < -0.4 is 10.7 Å². The van der Waals surface area contributed by atoms with Gasteiger partial charge in [0.05, 0.1) is 5.69 Å². The maximum absolute atomic E-state index is 9.26. The molecule has 0 aromatic heterocycles. The van der Waals surface area contributed by atoms with Gasteiger partial charge in [-0.3, -0.25) is 0 Å². The predicted molar refractivity (Wildman–Crippen MR) is 84.1 cm³/mol. The van der Waals surface area contributed by atoms with Crippen molar-refractivity contribution in [3.05, 3.63) is 65.2 Å². The second kappa shape index (κ2) is 5.55. The number of para-hydroxylation sites is 1. The van der Waals surface area contributed by atoms with Crippen LogP contribution in [0.1, 0.15) is 5.56 Å². The Morgan fingerprint density at radius 2 is 1.76 bits per heavy atom. The van der Waals surface area contributed by atoms with Gasteiger partial charge in [0.25, 0.3) is 0 Å². The molecule has 1 unspecified atom stereocenters. The Balaban J connectivity index is 2.04. The van der Waals surface area contributed by atoms with Crippen LogP contribution in [0.2, 0.25) is 5.02 Å². The van der Waals surface area contributed by atoms with E-state index in [0.29, 0.717) is 16.4 Å². The number of rotatable bonds is 2. The zero-order chi connectivity index (χ0) is 14.8. The van der Waals surface area contributed by atoms with Crippen LogP contribution in [0.5, 0.6) is 0 Å². The van der Waals surface area contributed by atoms with Gasteiger partial charge in [0.1, 0.15) is 17.6 Å². The van der Waals surface area contributed by atoms with Crippen molar-refractivity contribution in [3.8, 4) is 0 Å². The summed E-state index contributed by atoms with van der Waals surface area (Å²) in [6.07, 6.45) is -0.636. The van der Waals surface area contributed by atoms with Crippen molar-refractivity contribution in [1.29, 1.82) is 0 Å². The molecule has 5 nitrogen and oxygen atoms in total. The zero-order valence-corrected chi connectivity index (χ0v) is 11.8. The van der Waals surface area contributed by atoms with Crippen LogP contribution in [0, 0.1) is 0 Å². The molecule has 0 amide bonds. The zero-order valence-electron chi connectivity index (χ0n) is 11.0. The van der Waals surface area contributed by atoms with E-state index in [0.717, 1.165) is 11.3 Å². The number of halogens is 1. The fraction of sp³-hybridized carbons (Fsp3) is 0.0667. The van der Waals surface area contributed by atoms with Gasteiger partial charge in [-0.2, -0.15) is 5.10 Å². The van der Waals surface area contributed by atoms with E-state index >= 15 is 0 Å². The van der Waals surface area contributed by atoms with Gasteiger partial charge in [-0.1, -0.05) is 47.1 Å². The van der Waals surface area contributed by atoms with Gasteiger partial charge in [0.15, 0.2) is 0 Å². The third-order valence-electron chi connectivity index (χ3n) is 3.24. The molecule has 0 saturated carbocycles. The number of hydrazone groups is 1. The van der Waals surface area contributed by atoms with Gasteiger partial charge < -0.3 is 10.9 Å². The van der Waals surface area contributed by atoms with E-state index in [9.17, 15) is 5.21 Å². The first-order chi connectivity index (χ1) is 10.2. The van der Waals surface area contributed by atoms with Crippen molar-refractivity contribution < 1.29 is 5.21 Å². The van der Waals surface area contributed by atoms with Crippen LogP contribution in [0.25, 0.3) is 0 Å². The highest BCUT2D eigenvalue weighted by atomic mass is 35.5. The molecule has 0 spiro atoms. The Labute approximate surface area is 126 Å². The lowest BCUT2D eigenvalue weighted by atomic mass is 10.1. The van der Waals surface area contributed by atoms with Gasteiger partial charge in [-0.05, 0) is 24.3 Å². The second-order valence-corrected chi connectivity index (χ2v) is 5.00. The summed E-state index contributed by atoms with van der Waals surface area (Å²) in [4.78, 5) is 0. The number of hydrogen-bond acceptors (Lipinski definition) is 5. The van der Waals surface area contributed by atoms with E-state index in [1.54, 1.807) is 17.1 Å². The van der Waals surface area contributed by atoms with Crippen molar-refractivity contribution >= 4 is 28.7 Å². The average molecular weight is 301 g/mol. The van der Waals surface area contributed by atoms with Crippen molar-refractivity contribution in [2.24, 2.45) is 16.0 Å². The first-order valence-corrected chi connectivity index (χ1v) is 6.75. The molecule has 0 saturated heterocycles. The van der Waals surface area contributed by atoms with E-state index in [1.807, 2.05) is 42.5 Å². The minimum absolute atomic E-state index is 0.321. The lowest BCUT2D eigenvalue weighted by molar-refractivity contribution is 0.318. The van der Waals surface area contributed by atoms with Crippen molar-refractivity contribution in [1.82, 2.24) is 0 Å². The Morgan fingerprint density at radius 1 is 1.10 bits per heavy atom. The van der Waals surface area contributed by atoms with Gasteiger partial charge in [0, 0.05) is 10.6 Å². The molecule has 21 heavy (non-hydrogen) atoms. The summed E-state index contributed by atoms with van der Waals surface area (Å²) in [7, 11) is 0. The predicted octanol–water partition coefficient (Wildman–Crippen LogP) is 2.68. The molecule has 106 valence electrons. The van der Waals surface area contributed by atoms with Gasteiger partial charge in [0.2, 0.25) is 0 Å². The van der Waals surface area contributed by atoms with Crippen LogP contribution in [0.3, 0.4) is 0 Å². The maximum Gasteiger partial charge on any atom is 0.148 e. The second-order valence-electron chi connectivity index (χ2n) is 4.57. The lowest BCUT2D eigenvalue weighted by Gasteiger charge is -2.19. The third-order valence-corrected chi connectivity index (χ3v) is 3.49.